The zero-order valence-corrected chi connectivity index (χ0v) is 13.2. The number of anilines is 1. The fourth-order valence-electron chi connectivity index (χ4n) is 2.53. The Kier molecular flexibility index (Phi) is 4.75. The molecule has 1 fully saturated rings. The minimum absolute atomic E-state index is 0.482. The maximum Gasteiger partial charge on any atom is 0.0471 e. The zero-order chi connectivity index (χ0) is 14.0. The van der Waals surface area contributed by atoms with Crippen molar-refractivity contribution in [3.05, 3.63) is 28.8 Å². The van der Waals surface area contributed by atoms with E-state index in [1.807, 2.05) is 0 Å². The van der Waals surface area contributed by atoms with Gasteiger partial charge in [0.15, 0.2) is 0 Å². The molecule has 0 saturated carbocycles. The number of nitrogens with one attached hydrogen (secondary N) is 1. The highest BCUT2D eigenvalue weighted by Crippen LogP contribution is 2.30. The van der Waals surface area contributed by atoms with Crippen molar-refractivity contribution in [1.29, 1.82) is 0 Å². The molecule has 1 aromatic rings. The van der Waals surface area contributed by atoms with Crippen LogP contribution in [0.25, 0.3) is 0 Å². The number of nitrogens with zero attached hydrogens (tertiary/aromatic N) is 1. The summed E-state index contributed by atoms with van der Waals surface area (Å²) in [5.41, 5.74) is 2.44. The van der Waals surface area contributed by atoms with E-state index in [1.165, 1.54) is 11.3 Å². The highest BCUT2D eigenvalue weighted by molar-refractivity contribution is 6.31. The topological polar surface area (TPSA) is 15.3 Å². The second-order valence-corrected chi connectivity index (χ2v) is 6.58. The van der Waals surface area contributed by atoms with Crippen molar-refractivity contribution in [1.82, 2.24) is 5.32 Å². The summed E-state index contributed by atoms with van der Waals surface area (Å²) in [7, 11) is 0. The second kappa shape index (κ2) is 6.15. The van der Waals surface area contributed by atoms with E-state index in [0.717, 1.165) is 36.5 Å². The predicted octanol–water partition coefficient (Wildman–Crippen LogP) is 3.93. The molecule has 2 unspecified atom stereocenters. The zero-order valence-electron chi connectivity index (χ0n) is 12.4. The van der Waals surface area contributed by atoms with Crippen LogP contribution in [0.2, 0.25) is 5.02 Å². The molecule has 0 aromatic heterocycles. The molecule has 1 aromatic carbocycles. The molecule has 0 bridgehead atoms. The smallest absolute Gasteiger partial charge is 0.0471 e. The summed E-state index contributed by atoms with van der Waals surface area (Å²) < 4.78 is 0. The largest absolute Gasteiger partial charge is 0.371 e. The minimum Gasteiger partial charge on any atom is -0.371 e. The van der Waals surface area contributed by atoms with E-state index >= 15 is 0 Å². The van der Waals surface area contributed by atoms with Gasteiger partial charge in [0.05, 0.1) is 0 Å². The maximum atomic E-state index is 6.40. The Labute approximate surface area is 122 Å². The molecule has 1 aliphatic heterocycles. The molecule has 0 aliphatic carbocycles. The molecule has 1 heterocycles. The highest BCUT2D eigenvalue weighted by Gasteiger charge is 2.26. The fourth-order valence-corrected chi connectivity index (χ4v) is 2.77. The number of hydrogen-bond donors (Lipinski definition) is 1. The van der Waals surface area contributed by atoms with Crippen LogP contribution in [0.5, 0.6) is 0 Å². The summed E-state index contributed by atoms with van der Waals surface area (Å²) in [6.45, 7) is 12.1. The van der Waals surface area contributed by atoms with Crippen molar-refractivity contribution < 1.29 is 0 Å². The second-order valence-electron chi connectivity index (χ2n) is 6.17. The first-order valence-corrected chi connectivity index (χ1v) is 7.62. The van der Waals surface area contributed by atoms with Gasteiger partial charge in [-0.3, -0.25) is 0 Å². The summed E-state index contributed by atoms with van der Waals surface area (Å²) in [5, 5.41) is 4.28. The third-order valence-electron chi connectivity index (χ3n) is 4.09. The fraction of sp³-hybridized carbons (Fsp3) is 0.625. The van der Waals surface area contributed by atoms with E-state index < -0.39 is 0 Å². The molecular weight excluding hydrogens is 256 g/mol. The Morgan fingerprint density at radius 1 is 1.26 bits per heavy atom. The Morgan fingerprint density at radius 2 is 1.89 bits per heavy atom. The molecule has 106 valence electrons. The molecule has 1 N–H and O–H groups in total. The van der Waals surface area contributed by atoms with Crippen LogP contribution in [0.4, 0.5) is 5.69 Å². The molecule has 0 amide bonds. The van der Waals surface area contributed by atoms with Gasteiger partial charge in [-0.05, 0) is 29.5 Å². The first kappa shape index (κ1) is 14.7. The van der Waals surface area contributed by atoms with Crippen molar-refractivity contribution in [2.75, 3.05) is 18.0 Å². The molecule has 2 rings (SSSR count). The van der Waals surface area contributed by atoms with Crippen molar-refractivity contribution in [2.45, 2.75) is 40.3 Å². The normalized spacial score (nSPS) is 23.4. The summed E-state index contributed by atoms with van der Waals surface area (Å²) in [6.07, 6.45) is 0. The molecule has 3 heteroatoms. The van der Waals surface area contributed by atoms with Crippen molar-refractivity contribution in [3.8, 4) is 0 Å². The van der Waals surface area contributed by atoms with Crippen LogP contribution in [0.15, 0.2) is 18.2 Å². The maximum absolute atomic E-state index is 6.40. The van der Waals surface area contributed by atoms with Crippen LogP contribution in [0.3, 0.4) is 0 Å². The van der Waals surface area contributed by atoms with Crippen LogP contribution in [-0.4, -0.2) is 19.1 Å². The molecule has 0 spiro atoms. The average molecular weight is 281 g/mol. The molecule has 1 saturated heterocycles. The van der Waals surface area contributed by atoms with Crippen molar-refractivity contribution in [2.24, 2.45) is 11.8 Å². The summed E-state index contributed by atoms with van der Waals surface area (Å²) in [4.78, 5) is 2.45. The van der Waals surface area contributed by atoms with Crippen molar-refractivity contribution in [3.63, 3.8) is 0 Å². The van der Waals surface area contributed by atoms with E-state index in [-0.39, 0.29) is 0 Å². The molecule has 2 nitrogen and oxygen atoms in total. The van der Waals surface area contributed by atoms with Gasteiger partial charge >= 0.3 is 0 Å². The first-order valence-electron chi connectivity index (χ1n) is 7.24. The van der Waals surface area contributed by atoms with Gasteiger partial charge in [-0.1, -0.05) is 45.4 Å². The predicted molar refractivity (Wildman–Crippen MR) is 84.0 cm³/mol. The van der Waals surface area contributed by atoms with Gasteiger partial charge in [0, 0.05) is 36.4 Å². The number of halogens is 1. The molecule has 2 atom stereocenters. The summed E-state index contributed by atoms with van der Waals surface area (Å²) in [6, 6.07) is 6.95. The van der Waals surface area contributed by atoms with Crippen LogP contribution < -0.4 is 10.2 Å². The Hall–Kier alpha value is -0.730. The monoisotopic (exact) mass is 280 g/mol. The summed E-state index contributed by atoms with van der Waals surface area (Å²) >= 11 is 6.40. The molecule has 1 aliphatic rings. The molecule has 0 radical (unpaired) electrons. The van der Waals surface area contributed by atoms with Crippen molar-refractivity contribution >= 4 is 17.3 Å². The lowest BCUT2D eigenvalue weighted by Gasteiger charge is -2.20. The quantitative estimate of drug-likeness (QED) is 0.899. The lowest BCUT2D eigenvalue weighted by molar-refractivity contribution is 0.494. The first-order chi connectivity index (χ1) is 8.97. The van der Waals surface area contributed by atoms with Gasteiger partial charge in [0.1, 0.15) is 0 Å². The van der Waals surface area contributed by atoms with E-state index in [9.17, 15) is 0 Å². The van der Waals surface area contributed by atoms with Gasteiger partial charge < -0.3 is 10.2 Å². The average Bonchev–Trinajstić information content (AvgIpc) is 2.68. The van der Waals surface area contributed by atoms with Gasteiger partial charge in [-0.25, -0.2) is 0 Å². The van der Waals surface area contributed by atoms with Crippen LogP contribution >= 0.6 is 11.6 Å². The van der Waals surface area contributed by atoms with Gasteiger partial charge in [-0.2, -0.15) is 0 Å². The third kappa shape index (κ3) is 3.64. The van der Waals surface area contributed by atoms with Gasteiger partial charge in [0.25, 0.3) is 0 Å². The van der Waals surface area contributed by atoms with Gasteiger partial charge in [-0.15, -0.1) is 0 Å². The van der Waals surface area contributed by atoms with E-state index in [1.54, 1.807) is 0 Å². The molecule has 19 heavy (non-hydrogen) atoms. The summed E-state index contributed by atoms with van der Waals surface area (Å²) in [5.74, 6) is 1.53. The van der Waals surface area contributed by atoms with E-state index in [4.69, 9.17) is 11.6 Å². The van der Waals surface area contributed by atoms with E-state index in [0.29, 0.717) is 6.04 Å². The number of benzene rings is 1. The third-order valence-corrected chi connectivity index (χ3v) is 4.44. The highest BCUT2D eigenvalue weighted by atomic mass is 35.5. The van der Waals surface area contributed by atoms with Crippen LogP contribution in [-0.2, 0) is 6.54 Å². The van der Waals surface area contributed by atoms with Crippen LogP contribution in [0.1, 0.15) is 33.3 Å². The van der Waals surface area contributed by atoms with Gasteiger partial charge in [0.2, 0.25) is 0 Å². The lowest BCUT2D eigenvalue weighted by atomic mass is 10.0. The standard InChI is InChI=1S/C16H25ClN2/c1-11(2)18-8-14-5-6-15(7-16(14)17)19-9-12(3)13(4)10-19/h5-7,11-13,18H,8-10H2,1-4H3. The lowest BCUT2D eigenvalue weighted by Crippen LogP contribution is -2.22. The number of rotatable bonds is 4. The number of hydrogen-bond acceptors (Lipinski definition) is 2. The SMILES string of the molecule is CC(C)NCc1ccc(N2CC(C)C(C)C2)cc1Cl. The minimum atomic E-state index is 0.482. The van der Waals surface area contributed by atoms with E-state index in [2.05, 4.69) is 56.1 Å². The van der Waals surface area contributed by atoms with Crippen LogP contribution in [0, 0.1) is 11.8 Å². The molecular formula is C16H25ClN2. The Morgan fingerprint density at radius 3 is 2.42 bits per heavy atom. The Balaban J connectivity index is 2.06. The Bertz CT molecular complexity index is 421.